The van der Waals surface area contributed by atoms with Crippen LogP contribution in [0.4, 0.5) is 0 Å². The van der Waals surface area contributed by atoms with Gasteiger partial charge in [-0.1, -0.05) is 109 Å². The number of ether oxygens (including phenoxy) is 10. The Bertz CT molecular complexity index is 3500. The van der Waals surface area contributed by atoms with Crippen LogP contribution in [0.3, 0.4) is 0 Å². The van der Waals surface area contributed by atoms with E-state index in [0.29, 0.717) is 23.0 Å². The van der Waals surface area contributed by atoms with E-state index in [9.17, 15) is 19.2 Å². The highest BCUT2D eigenvalue weighted by Crippen LogP contribution is 2.55. The fraction of sp³-hybridized carbons (Fsp3) is 0.353. The Morgan fingerprint density at radius 2 is 0.733 bits per heavy atom. The number of benzene rings is 6. The van der Waals surface area contributed by atoms with Crippen molar-refractivity contribution in [3.05, 3.63) is 257 Å². The van der Waals surface area contributed by atoms with Gasteiger partial charge in [0.1, 0.15) is 70.8 Å². The molecule has 22 heteroatoms. The summed E-state index contributed by atoms with van der Waals surface area (Å²) >= 11 is 0. The van der Waals surface area contributed by atoms with Crippen LogP contribution in [-0.4, -0.2) is 128 Å². The summed E-state index contributed by atoms with van der Waals surface area (Å²) in [5, 5.41) is 0. The second kappa shape index (κ2) is 28.8. The molecule has 4 heterocycles. The number of nitrogens with zero attached hydrogens (tertiary/aromatic N) is 3. The van der Waals surface area contributed by atoms with E-state index in [-0.39, 0.29) is 25.3 Å². The van der Waals surface area contributed by atoms with Crippen molar-refractivity contribution in [3.63, 3.8) is 0 Å². The van der Waals surface area contributed by atoms with Gasteiger partial charge in [0.2, 0.25) is 0 Å². The SMILES string of the molecule is COc1ccc(C(OC[C@H]2O[C@@H](n3ccc(=O)[nH]c3=O)[C@H](OC)[C@@H]2OP(O[C@H]2[C@@H](OC)[C@H](n3ccc(=O)[nH]c3=O)O[C@@H]2COC(c2ccccc2)(c2ccc(OC)cc2)c2ccc(OC)cc2)N(C(C)C)C(C)C)(c2ccccc2)c2ccc(OC)cc2)cc1. The topological polar surface area (TPSA) is 224 Å². The van der Waals surface area contributed by atoms with Crippen LogP contribution in [0.5, 0.6) is 23.0 Å². The van der Waals surface area contributed by atoms with Gasteiger partial charge in [0.15, 0.2) is 12.5 Å². The average Bonchev–Trinajstić information content (AvgIpc) is 1.06. The molecule has 0 amide bonds. The summed E-state index contributed by atoms with van der Waals surface area (Å²) in [5.41, 5.74) is -0.859. The molecule has 474 valence electrons. The molecule has 2 aromatic heterocycles. The van der Waals surface area contributed by atoms with Crippen molar-refractivity contribution in [2.45, 2.75) is 100 Å². The lowest BCUT2D eigenvalue weighted by atomic mass is 9.80. The van der Waals surface area contributed by atoms with Gasteiger partial charge in [-0.25, -0.2) is 14.3 Å². The van der Waals surface area contributed by atoms with Crippen LogP contribution < -0.4 is 41.4 Å². The fourth-order valence-electron chi connectivity index (χ4n) is 12.0. The summed E-state index contributed by atoms with van der Waals surface area (Å²) in [6.07, 6.45) is -6.18. The molecule has 90 heavy (non-hydrogen) atoms. The van der Waals surface area contributed by atoms with E-state index >= 15 is 0 Å². The maximum absolute atomic E-state index is 13.9. The lowest BCUT2D eigenvalue weighted by molar-refractivity contribution is -0.0989. The molecule has 2 N–H and O–H groups in total. The zero-order valence-electron chi connectivity index (χ0n) is 51.8. The lowest BCUT2D eigenvalue weighted by Gasteiger charge is -2.41. The standard InChI is InChI=1S/C68H76N5O16P/c1-43(2)73(44(3)4)90(88-59-55(86-63(61(59)82-9)71-39-37-57(74)69-65(71)76)41-84-67(45-17-13-11-14-18-45,47-21-29-51(78-5)30-22-47)48-23-31-52(79-6)32-24-48)89-60-56(87-64(62(60)83-10)72-40-38-58(75)70-66(72)77)42-85-68(46-19-15-12-16-20-46,49-25-33-53(80-7)34-26-49)50-27-35-54(81-8)36-28-50/h11-40,43-44,55-56,59-64H,41-42H2,1-10H3,(H,69,74,76)(H,70,75,77)/t55-,56-,59-,60-,61-,62-,63-,64-/m1/s1. The molecule has 2 fully saturated rings. The van der Waals surface area contributed by atoms with Crippen molar-refractivity contribution in [1.29, 1.82) is 0 Å². The summed E-state index contributed by atoms with van der Waals surface area (Å²) in [7, 11) is 7.03. The molecule has 2 aliphatic heterocycles. The van der Waals surface area contributed by atoms with Gasteiger partial charge in [0.05, 0.1) is 41.7 Å². The first-order valence-electron chi connectivity index (χ1n) is 29.5. The molecule has 0 spiro atoms. The van der Waals surface area contributed by atoms with Crippen molar-refractivity contribution >= 4 is 8.53 Å². The number of nitrogens with one attached hydrogen (secondary N) is 2. The second-order valence-electron chi connectivity index (χ2n) is 22.1. The monoisotopic (exact) mass is 1250 g/mol. The second-order valence-corrected chi connectivity index (χ2v) is 23.5. The summed E-state index contributed by atoms with van der Waals surface area (Å²) in [4.78, 5) is 57.9. The highest BCUT2D eigenvalue weighted by molar-refractivity contribution is 7.44. The predicted molar refractivity (Wildman–Crippen MR) is 337 cm³/mol. The van der Waals surface area contributed by atoms with Crippen LogP contribution >= 0.6 is 8.53 Å². The van der Waals surface area contributed by atoms with Crippen molar-refractivity contribution < 1.29 is 56.4 Å². The van der Waals surface area contributed by atoms with Crippen LogP contribution in [-0.2, 0) is 48.7 Å². The Kier molecular flexibility index (Phi) is 20.8. The Labute approximate surface area is 522 Å². The smallest absolute Gasteiger partial charge is 0.330 e. The van der Waals surface area contributed by atoms with Gasteiger partial charge in [-0.3, -0.25) is 28.7 Å². The van der Waals surface area contributed by atoms with Crippen LogP contribution in [0.2, 0.25) is 0 Å². The minimum absolute atomic E-state index is 0.197. The third-order valence-corrected chi connectivity index (χ3v) is 18.5. The Morgan fingerprint density at radius 3 is 1.00 bits per heavy atom. The molecule has 8 aromatic rings. The van der Waals surface area contributed by atoms with E-state index in [0.717, 1.165) is 33.4 Å². The molecule has 21 nitrogen and oxygen atoms in total. The highest BCUT2D eigenvalue weighted by Gasteiger charge is 2.55. The molecule has 0 radical (unpaired) electrons. The first kappa shape index (κ1) is 64.9. The first-order chi connectivity index (χ1) is 43.6. The van der Waals surface area contributed by atoms with E-state index < -0.39 is 91.3 Å². The van der Waals surface area contributed by atoms with Gasteiger partial charge in [0, 0.05) is 50.8 Å². The van der Waals surface area contributed by atoms with Crippen LogP contribution in [0, 0.1) is 0 Å². The number of methoxy groups -OCH3 is 6. The fourth-order valence-corrected chi connectivity index (χ4v) is 14.0. The molecule has 0 saturated carbocycles. The third-order valence-electron chi connectivity index (χ3n) is 16.3. The van der Waals surface area contributed by atoms with Gasteiger partial charge in [-0.2, -0.15) is 0 Å². The number of aromatic nitrogens is 4. The molecule has 2 aliphatic rings. The molecule has 0 bridgehead atoms. The number of aromatic amines is 2. The Hall–Kier alpha value is -8.05. The van der Waals surface area contributed by atoms with E-state index in [2.05, 4.69) is 14.6 Å². The summed E-state index contributed by atoms with van der Waals surface area (Å²) in [6, 6.07) is 51.9. The number of hydrogen-bond donors (Lipinski definition) is 2. The minimum Gasteiger partial charge on any atom is -0.497 e. The Morgan fingerprint density at radius 1 is 0.433 bits per heavy atom. The predicted octanol–water partition coefficient (Wildman–Crippen LogP) is 9.08. The molecule has 0 unspecified atom stereocenters. The minimum atomic E-state index is -2.35. The van der Waals surface area contributed by atoms with Gasteiger partial charge in [-0.15, -0.1) is 0 Å². The number of H-pyrrole nitrogens is 2. The van der Waals surface area contributed by atoms with Crippen molar-refractivity contribution in [2.75, 3.05) is 55.9 Å². The maximum atomic E-state index is 13.9. The van der Waals surface area contributed by atoms with Crippen LogP contribution in [0.1, 0.15) is 73.5 Å². The maximum Gasteiger partial charge on any atom is 0.330 e. The normalized spacial score (nSPS) is 20.6. The van der Waals surface area contributed by atoms with Crippen LogP contribution in [0.15, 0.2) is 201 Å². The third kappa shape index (κ3) is 13.2. The van der Waals surface area contributed by atoms with Gasteiger partial charge in [0.25, 0.3) is 19.6 Å². The number of rotatable bonds is 27. The van der Waals surface area contributed by atoms with Crippen molar-refractivity contribution in [1.82, 2.24) is 23.8 Å². The highest BCUT2D eigenvalue weighted by atomic mass is 31.2. The molecular formula is C68H76N5O16P. The van der Waals surface area contributed by atoms with Crippen molar-refractivity contribution in [3.8, 4) is 23.0 Å². The zero-order valence-corrected chi connectivity index (χ0v) is 52.7. The first-order valence-corrected chi connectivity index (χ1v) is 30.6. The summed E-state index contributed by atoms with van der Waals surface area (Å²) < 4.78 is 84.2. The molecule has 0 aliphatic carbocycles. The molecular weight excluding hydrogens is 1170 g/mol. The van der Waals surface area contributed by atoms with Crippen LogP contribution in [0.25, 0.3) is 0 Å². The molecule has 8 atom stereocenters. The van der Waals surface area contributed by atoms with E-state index in [1.165, 1.54) is 47.9 Å². The summed E-state index contributed by atoms with van der Waals surface area (Å²) in [5.74, 6) is 2.53. The van der Waals surface area contributed by atoms with Gasteiger partial charge in [-0.05, 0) is 110 Å². The molecule has 10 rings (SSSR count). The van der Waals surface area contributed by atoms with Gasteiger partial charge >= 0.3 is 11.4 Å². The zero-order chi connectivity index (χ0) is 63.7. The quantitative estimate of drug-likeness (QED) is 0.0362. The van der Waals surface area contributed by atoms with Crippen molar-refractivity contribution in [2.24, 2.45) is 0 Å². The van der Waals surface area contributed by atoms with E-state index in [1.807, 2.05) is 185 Å². The molecule has 2 saturated heterocycles. The number of hydrogen-bond acceptors (Lipinski definition) is 17. The van der Waals surface area contributed by atoms with E-state index in [1.54, 1.807) is 28.4 Å². The largest absolute Gasteiger partial charge is 0.497 e. The average molecular weight is 1250 g/mol. The molecule has 6 aromatic carbocycles. The van der Waals surface area contributed by atoms with Gasteiger partial charge < -0.3 is 56.4 Å². The van der Waals surface area contributed by atoms with E-state index in [4.69, 9.17) is 56.4 Å². The Balaban J connectivity index is 1.11. The lowest BCUT2D eigenvalue weighted by Crippen LogP contribution is -2.45. The summed E-state index contributed by atoms with van der Waals surface area (Å²) in [6.45, 7) is 7.67.